The van der Waals surface area contributed by atoms with Crippen molar-refractivity contribution in [2.75, 3.05) is 45.9 Å². The van der Waals surface area contributed by atoms with Crippen LogP contribution >= 0.6 is 0 Å². The van der Waals surface area contributed by atoms with Gasteiger partial charge in [-0.2, -0.15) is 0 Å². The van der Waals surface area contributed by atoms with Crippen LogP contribution in [0.5, 0.6) is 0 Å². The molecule has 0 aromatic rings. The van der Waals surface area contributed by atoms with Gasteiger partial charge in [-0.05, 0) is 46.2 Å². The Morgan fingerprint density at radius 2 is 2.11 bits per heavy atom. The van der Waals surface area contributed by atoms with Crippen LogP contribution < -0.4 is 5.32 Å². The van der Waals surface area contributed by atoms with Crippen molar-refractivity contribution in [2.24, 2.45) is 0 Å². The Hall–Kier alpha value is -0.160. The molecule has 0 amide bonds. The quantitative estimate of drug-likeness (QED) is 0.725. The number of nitrogens with zero attached hydrogens (tertiary/aromatic N) is 1. The molecule has 0 spiro atoms. The minimum absolute atomic E-state index is 0.0537. The Balaban J connectivity index is 1.50. The molecule has 2 aliphatic rings. The zero-order valence-corrected chi connectivity index (χ0v) is 11.9. The second-order valence-corrected chi connectivity index (χ2v) is 6.11. The van der Waals surface area contributed by atoms with Gasteiger partial charge in [0.1, 0.15) is 0 Å². The Morgan fingerprint density at radius 3 is 2.83 bits per heavy atom. The largest absolute Gasteiger partial charge is 0.379 e. The van der Waals surface area contributed by atoms with E-state index in [2.05, 4.69) is 24.1 Å². The number of rotatable bonds is 6. The highest BCUT2D eigenvalue weighted by Crippen LogP contribution is 2.15. The van der Waals surface area contributed by atoms with Crippen molar-refractivity contribution in [3.63, 3.8) is 0 Å². The lowest BCUT2D eigenvalue weighted by atomic mass is 10.1. The van der Waals surface area contributed by atoms with Crippen LogP contribution in [0, 0.1) is 0 Å². The topological polar surface area (TPSA) is 33.7 Å². The molecule has 1 unspecified atom stereocenters. The number of morpholine rings is 1. The first-order valence-corrected chi connectivity index (χ1v) is 7.34. The second kappa shape index (κ2) is 6.85. The van der Waals surface area contributed by atoms with E-state index in [1.165, 1.54) is 32.5 Å². The number of likely N-dealkylation sites (tertiary alicyclic amines) is 1. The maximum atomic E-state index is 5.96. The summed E-state index contributed by atoms with van der Waals surface area (Å²) in [5.41, 5.74) is -0.0537. The standard InChI is InChI=1S/C14H28N2O2/c1-14(2)12-15-10-13(18-14)11-17-9-5-8-16-6-3-4-7-16/h13,15H,3-12H2,1-2H3. The van der Waals surface area contributed by atoms with Crippen molar-refractivity contribution in [2.45, 2.75) is 44.8 Å². The van der Waals surface area contributed by atoms with Gasteiger partial charge in [-0.15, -0.1) is 0 Å². The van der Waals surface area contributed by atoms with Crippen LogP contribution in [0.25, 0.3) is 0 Å². The molecule has 2 saturated heterocycles. The summed E-state index contributed by atoms with van der Waals surface area (Å²) >= 11 is 0. The normalized spacial score (nSPS) is 28.7. The third-order valence-electron chi connectivity index (χ3n) is 3.67. The molecule has 4 nitrogen and oxygen atoms in total. The fourth-order valence-corrected chi connectivity index (χ4v) is 2.77. The van der Waals surface area contributed by atoms with Crippen LogP contribution in [0.2, 0.25) is 0 Å². The van der Waals surface area contributed by atoms with Crippen LogP contribution in [-0.2, 0) is 9.47 Å². The van der Waals surface area contributed by atoms with Gasteiger partial charge in [-0.1, -0.05) is 0 Å². The summed E-state index contributed by atoms with van der Waals surface area (Å²) in [7, 11) is 0. The fraction of sp³-hybridized carbons (Fsp3) is 1.00. The molecule has 2 aliphatic heterocycles. The molecule has 2 heterocycles. The van der Waals surface area contributed by atoms with E-state index in [0.717, 1.165) is 32.7 Å². The third kappa shape index (κ3) is 4.84. The summed E-state index contributed by atoms with van der Waals surface area (Å²) in [6.45, 7) is 11.4. The lowest BCUT2D eigenvalue weighted by molar-refractivity contribution is -0.120. The highest BCUT2D eigenvalue weighted by molar-refractivity contribution is 4.81. The third-order valence-corrected chi connectivity index (χ3v) is 3.67. The minimum atomic E-state index is -0.0537. The van der Waals surface area contributed by atoms with Crippen molar-refractivity contribution in [3.05, 3.63) is 0 Å². The smallest absolute Gasteiger partial charge is 0.0940 e. The van der Waals surface area contributed by atoms with E-state index < -0.39 is 0 Å². The number of ether oxygens (including phenoxy) is 2. The van der Waals surface area contributed by atoms with Crippen LogP contribution in [0.15, 0.2) is 0 Å². The van der Waals surface area contributed by atoms with Crippen molar-refractivity contribution in [1.82, 2.24) is 10.2 Å². The SMILES string of the molecule is CC1(C)CNCC(COCCCN2CCCC2)O1. The lowest BCUT2D eigenvalue weighted by Crippen LogP contribution is -2.51. The highest BCUT2D eigenvalue weighted by Gasteiger charge is 2.28. The monoisotopic (exact) mass is 256 g/mol. The van der Waals surface area contributed by atoms with Crippen LogP contribution in [0.3, 0.4) is 0 Å². The average Bonchev–Trinajstić information content (AvgIpc) is 2.80. The van der Waals surface area contributed by atoms with E-state index >= 15 is 0 Å². The zero-order chi connectivity index (χ0) is 12.8. The summed E-state index contributed by atoms with van der Waals surface area (Å²) in [4.78, 5) is 2.53. The summed E-state index contributed by atoms with van der Waals surface area (Å²) in [6.07, 6.45) is 4.10. The Kier molecular flexibility index (Phi) is 5.42. The fourth-order valence-electron chi connectivity index (χ4n) is 2.77. The van der Waals surface area contributed by atoms with Crippen molar-refractivity contribution >= 4 is 0 Å². The van der Waals surface area contributed by atoms with Gasteiger partial charge in [0.05, 0.1) is 18.3 Å². The van der Waals surface area contributed by atoms with Crippen LogP contribution in [0.1, 0.15) is 33.1 Å². The molecule has 106 valence electrons. The first-order chi connectivity index (χ1) is 8.66. The van der Waals surface area contributed by atoms with E-state index in [-0.39, 0.29) is 11.7 Å². The van der Waals surface area contributed by atoms with Gasteiger partial charge in [0.25, 0.3) is 0 Å². The highest BCUT2D eigenvalue weighted by atomic mass is 16.5. The molecule has 0 aromatic carbocycles. The van der Waals surface area contributed by atoms with Crippen molar-refractivity contribution < 1.29 is 9.47 Å². The molecule has 0 saturated carbocycles. The van der Waals surface area contributed by atoms with Crippen molar-refractivity contribution in [3.8, 4) is 0 Å². The Bertz CT molecular complexity index is 240. The molecule has 4 heteroatoms. The van der Waals surface area contributed by atoms with Crippen LogP contribution in [0.4, 0.5) is 0 Å². The molecule has 0 aliphatic carbocycles. The molecule has 0 bridgehead atoms. The maximum absolute atomic E-state index is 5.96. The van der Waals surface area contributed by atoms with Crippen LogP contribution in [-0.4, -0.2) is 62.5 Å². The predicted molar refractivity (Wildman–Crippen MR) is 72.9 cm³/mol. The second-order valence-electron chi connectivity index (χ2n) is 6.11. The van der Waals surface area contributed by atoms with E-state index in [9.17, 15) is 0 Å². The van der Waals surface area contributed by atoms with E-state index in [4.69, 9.17) is 9.47 Å². The Morgan fingerprint density at radius 1 is 1.33 bits per heavy atom. The van der Waals surface area contributed by atoms with Gasteiger partial charge in [0.15, 0.2) is 0 Å². The van der Waals surface area contributed by atoms with E-state index in [1.807, 2.05) is 0 Å². The Labute approximate surface area is 111 Å². The number of hydrogen-bond acceptors (Lipinski definition) is 4. The summed E-state index contributed by atoms with van der Waals surface area (Å²) in [5, 5.41) is 3.40. The number of nitrogens with one attached hydrogen (secondary N) is 1. The van der Waals surface area contributed by atoms with Gasteiger partial charge >= 0.3 is 0 Å². The van der Waals surface area contributed by atoms with Gasteiger partial charge in [0, 0.05) is 26.2 Å². The predicted octanol–water partition coefficient (Wildman–Crippen LogP) is 1.26. The van der Waals surface area contributed by atoms with Gasteiger partial charge < -0.3 is 19.7 Å². The molecule has 1 atom stereocenters. The molecular weight excluding hydrogens is 228 g/mol. The minimum Gasteiger partial charge on any atom is -0.379 e. The summed E-state index contributed by atoms with van der Waals surface area (Å²) < 4.78 is 11.7. The van der Waals surface area contributed by atoms with Gasteiger partial charge in [0.2, 0.25) is 0 Å². The molecule has 2 fully saturated rings. The van der Waals surface area contributed by atoms with Gasteiger partial charge in [-0.3, -0.25) is 0 Å². The van der Waals surface area contributed by atoms with E-state index in [0.29, 0.717) is 0 Å². The first kappa shape index (κ1) is 14.3. The average molecular weight is 256 g/mol. The molecule has 1 N–H and O–H groups in total. The maximum Gasteiger partial charge on any atom is 0.0940 e. The molecule has 0 radical (unpaired) electrons. The molecular formula is C14H28N2O2. The van der Waals surface area contributed by atoms with E-state index in [1.54, 1.807) is 0 Å². The number of hydrogen-bond donors (Lipinski definition) is 1. The molecule has 0 aromatic heterocycles. The summed E-state index contributed by atoms with van der Waals surface area (Å²) in [5.74, 6) is 0. The van der Waals surface area contributed by atoms with Gasteiger partial charge in [-0.25, -0.2) is 0 Å². The van der Waals surface area contributed by atoms with Crippen molar-refractivity contribution in [1.29, 1.82) is 0 Å². The zero-order valence-electron chi connectivity index (χ0n) is 11.9. The summed E-state index contributed by atoms with van der Waals surface area (Å²) in [6, 6.07) is 0. The lowest BCUT2D eigenvalue weighted by Gasteiger charge is -2.36. The first-order valence-electron chi connectivity index (χ1n) is 7.34. The molecule has 18 heavy (non-hydrogen) atoms. The molecule has 2 rings (SSSR count).